The van der Waals surface area contributed by atoms with Gasteiger partial charge in [0.1, 0.15) is 0 Å². The van der Waals surface area contributed by atoms with Crippen molar-refractivity contribution < 1.29 is 9.22 Å². The van der Waals surface area contributed by atoms with E-state index in [0.29, 0.717) is 0 Å². The van der Waals surface area contributed by atoms with Crippen LogP contribution >= 0.6 is 12.0 Å². The molecule has 1 aromatic rings. The topological polar surface area (TPSA) is 18.5 Å². The largest absolute Gasteiger partial charge is 0.227 e. The van der Waals surface area contributed by atoms with E-state index in [0.717, 1.165) is 11.3 Å². The summed E-state index contributed by atoms with van der Waals surface area (Å²) in [6.07, 6.45) is 2.32. The Morgan fingerprint density at radius 3 is 2.46 bits per heavy atom. The van der Waals surface area contributed by atoms with Gasteiger partial charge in [0.15, 0.2) is 0 Å². The lowest BCUT2D eigenvalue weighted by Crippen LogP contribution is -1.83. The summed E-state index contributed by atoms with van der Waals surface area (Å²) < 4.78 is 4.74. The van der Waals surface area contributed by atoms with Crippen LogP contribution in [0.2, 0.25) is 0 Å². The highest BCUT2D eigenvalue weighted by Gasteiger charge is 1.95. The SMILES string of the molecule is CCCc1ccc(SOOC)cc1. The third-order valence-electron chi connectivity index (χ3n) is 1.66. The molecule has 1 aromatic carbocycles. The van der Waals surface area contributed by atoms with Gasteiger partial charge in [-0.3, -0.25) is 0 Å². The van der Waals surface area contributed by atoms with Gasteiger partial charge in [-0.1, -0.05) is 25.5 Å². The van der Waals surface area contributed by atoms with Crippen LogP contribution < -0.4 is 0 Å². The lowest BCUT2D eigenvalue weighted by Gasteiger charge is -2.00. The summed E-state index contributed by atoms with van der Waals surface area (Å²) in [4.78, 5) is 5.54. The molecule has 2 nitrogen and oxygen atoms in total. The molecule has 0 aliphatic rings. The molecule has 0 fully saturated rings. The summed E-state index contributed by atoms with van der Waals surface area (Å²) in [6, 6.07) is 8.30. The molecule has 0 aliphatic heterocycles. The molecule has 72 valence electrons. The van der Waals surface area contributed by atoms with Crippen LogP contribution in [0.5, 0.6) is 0 Å². The molecule has 13 heavy (non-hydrogen) atoms. The lowest BCUT2D eigenvalue weighted by atomic mass is 10.1. The van der Waals surface area contributed by atoms with Gasteiger partial charge >= 0.3 is 0 Å². The molecule has 3 heteroatoms. The van der Waals surface area contributed by atoms with E-state index in [1.54, 1.807) is 0 Å². The van der Waals surface area contributed by atoms with Crippen molar-refractivity contribution in [1.29, 1.82) is 0 Å². The first-order valence-electron chi connectivity index (χ1n) is 4.33. The Labute approximate surface area is 83.4 Å². The second kappa shape index (κ2) is 6.02. The number of hydrogen-bond donors (Lipinski definition) is 0. The van der Waals surface area contributed by atoms with Crippen molar-refractivity contribution in [2.45, 2.75) is 24.7 Å². The van der Waals surface area contributed by atoms with Crippen molar-refractivity contribution in [3.05, 3.63) is 29.8 Å². The summed E-state index contributed by atoms with van der Waals surface area (Å²) in [6.45, 7) is 2.18. The van der Waals surface area contributed by atoms with Crippen molar-refractivity contribution in [2.75, 3.05) is 7.11 Å². The van der Waals surface area contributed by atoms with Gasteiger partial charge in [-0.25, -0.2) is 4.89 Å². The molecular formula is C10H14O2S. The number of benzene rings is 1. The number of aryl methyl sites for hydroxylation is 1. The zero-order valence-electron chi connectivity index (χ0n) is 7.95. The molecule has 0 N–H and O–H groups in total. The standard InChI is InChI=1S/C10H14O2S/c1-3-4-9-5-7-10(8-6-9)13-12-11-2/h5-8H,3-4H2,1-2H3. The van der Waals surface area contributed by atoms with Crippen molar-refractivity contribution in [2.24, 2.45) is 0 Å². The van der Waals surface area contributed by atoms with Crippen LogP contribution in [0, 0.1) is 0 Å². The maximum atomic E-state index is 4.74. The Kier molecular flexibility index (Phi) is 4.90. The van der Waals surface area contributed by atoms with Gasteiger partial charge in [0.05, 0.1) is 19.2 Å². The second-order valence-corrected chi connectivity index (χ2v) is 3.49. The minimum atomic E-state index is 1.06. The molecule has 0 heterocycles. The van der Waals surface area contributed by atoms with Crippen LogP contribution in [0.4, 0.5) is 0 Å². The Morgan fingerprint density at radius 2 is 1.92 bits per heavy atom. The second-order valence-electron chi connectivity index (χ2n) is 2.71. The third-order valence-corrected chi connectivity index (χ3v) is 2.33. The number of rotatable bonds is 5. The van der Waals surface area contributed by atoms with E-state index in [4.69, 9.17) is 4.33 Å². The quantitative estimate of drug-likeness (QED) is 0.411. The predicted molar refractivity (Wildman–Crippen MR) is 54.4 cm³/mol. The maximum Gasteiger partial charge on any atom is 0.0725 e. The fourth-order valence-electron chi connectivity index (χ4n) is 1.07. The molecule has 0 radical (unpaired) electrons. The van der Waals surface area contributed by atoms with E-state index in [9.17, 15) is 0 Å². The van der Waals surface area contributed by atoms with Crippen molar-refractivity contribution in [3.63, 3.8) is 0 Å². The van der Waals surface area contributed by atoms with Gasteiger partial charge in [-0.2, -0.15) is 4.33 Å². The Hall–Kier alpha value is -0.510. The highest BCUT2D eigenvalue weighted by molar-refractivity contribution is 7.94. The molecule has 1 rings (SSSR count). The molecule has 0 unspecified atom stereocenters. The van der Waals surface area contributed by atoms with E-state index < -0.39 is 0 Å². The van der Waals surface area contributed by atoms with Gasteiger partial charge in [-0.15, -0.1) is 0 Å². The van der Waals surface area contributed by atoms with Crippen molar-refractivity contribution >= 4 is 12.0 Å². The van der Waals surface area contributed by atoms with E-state index in [1.807, 2.05) is 12.1 Å². The van der Waals surface area contributed by atoms with Gasteiger partial charge in [0.2, 0.25) is 0 Å². The van der Waals surface area contributed by atoms with Crippen LogP contribution in [0.1, 0.15) is 18.9 Å². The summed E-state index contributed by atoms with van der Waals surface area (Å²) >= 11 is 1.22. The minimum Gasteiger partial charge on any atom is -0.227 e. The molecular weight excluding hydrogens is 184 g/mol. The normalized spacial score (nSPS) is 10.3. The van der Waals surface area contributed by atoms with Crippen molar-refractivity contribution in [1.82, 2.24) is 0 Å². The van der Waals surface area contributed by atoms with Crippen LogP contribution in [0.25, 0.3) is 0 Å². The average molecular weight is 198 g/mol. The summed E-state index contributed by atoms with van der Waals surface area (Å²) in [7, 11) is 1.50. The highest BCUT2D eigenvalue weighted by Crippen LogP contribution is 2.19. The summed E-state index contributed by atoms with van der Waals surface area (Å²) in [5.41, 5.74) is 1.37. The minimum absolute atomic E-state index is 1.06. The Bertz CT molecular complexity index is 233. The molecule has 0 aromatic heterocycles. The fraction of sp³-hybridized carbons (Fsp3) is 0.400. The molecule has 0 saturated heterocycles. The molecule has 0 spiro atoms. The average Bonchev–Trinajstić information content (AvgIpc) is 2.17. The van der Waals surface area contributed by atoms with Gasteiger partial charge in [0, 0.05) is 4.90 Å². The maximum absolute atomic E-state index is 4.74. The lowest BCUT2D eigenvalue weighted by molar-refractivity contribution is -0.160. The fourth-order valence-corrected chi connectivity index (χ4v) is 1.47. The molecule has 0 atom stereocenters. The van der Waals surface area contributed by atoms with E-state index in [-0.39, 0.29) is 0 Å². The zero-order valence-corrected chi connectivity index (χ0v) is 8.76. The number of hydrogen-bond acceptors (Lipinski definition) is 3. The summed E-state index contributed by atoms with van der Waals surface area (Å²) in [5.74, 6) is 0. The van der Waals surface area contributed by atoms with Crippen LogP contribution in [0.15, 0.2) is 29.2 Å². The smallest absolute Gasteiger partial charge is 0.0725 e. The first-order valence-corrected chi connectivity index (χ1v) is 5.07. The first kappa shape index (κ1) is 10.6. The Morgan fingerprint density at radius 1 is 1.23 bits per heavy atom. The molecule has 0 saturated carbocycles. The van der Waals surface area contributed by atoms with E-state index in [2.05, 4.69) is 23.9 Å². The van der Waals surface area contributed by atoms with E-state index in [1.165, 1.54) is 31.1 Å². The summed E-state index contributed by atoms with van der Waals surface area (Å²) in [5, 5.41) is 0. The predicted octanol–water partition coefficient (Wildman–Crippen LogP) is 3.22. The van der Waals surface area contributed by atoms with Crippen LogP contribution in [-0.2, 0) is 15.6 Å². The molecule has 0 amide bonds. The van der Waals surface area contributed by atoms with Gasteiger partial charge in [0.25, 0.3) is 0 Å². The van der Waals surface area contributed by atoms with E-state index >= 15 is 0 Å². The molecule has 0 bridgehead atoms. The monoisotopic (exact) mass is 198 g/mol. The van der Waals surface area contributed by atoms with Gasteiger partial charge in [-0.05, 0) is 24.1 Å². The highest BCUT2D eigenvalue weighted by atomic mass is 32.2. The van der Waals surface area contributed by atoms with Crippen LogP contribution in [0.3, 0.4) is 0 Å². The Balaban J connectivity index is 2.48. The first-order chi connectivity index (χ1) is 6.36. The zero-order chi connectivity index (χ0) is 9.52. The molecule has 0 aliphatic carbocycles. The van der Waals surface area contributed by atoms with Gasteiger partial charge < -0.3 is 0 Å². The van der Waals surface area contributed by atoms with Crippen LogP contribution in [-0.4, -0.2) is 7.11 Å². The third kappa shape index (κ3) is 3.81. The van der Waals surface area contributed by atoms with Crippen molar-refractivity contribution in [3.8, 4) is 0 Å².